The molecule has 5 aromatic carbocycles. The normalized spacial score (nSPS) is 21.0. The number of benzene rings is 5. The van der Waals surface area contributed by atoms with Gasteiger partial charge in [-0.2, -0.15) is 52.7 Å². The maximum atomic E-state index is 13.5. The molecular formula is C56H54F12N4O6. The van der Waals surface area contributed by atoms with Crippen LogP contribution in [0.3, 0.4) is 0 Å². The van der Waals surface area contributed by atoms with E-state index in [2.05, 4.69) is 15.5 Å². The molecule has 0 radical (unpaired) electrons. The number of carbonyl (C=O) groups is 2. The van der Waals surface area contributed by atoms with Crippen LogP contribution in [0.25, 0.3) is 0 Å². The predicted octanol–water partition coefficient (Wildman–Crippen LogP) is 13.8. The van der Waals surface area contributed by atoms with E-state index in [1.54, 1.807) is 54.6 Å². The van der Waals surface area contributed by atoms with Crippen molar-refractivity contribution in [3.8, 4) is 0 Å². The van der Waals surface area contributed by atoms with Crippen LogP contribution in [0.2, 0.25) is 0 Å². The minimum absolute atomic E-state index is 0.00839. The summed E-state index contributed by atoms with van der Waals surface area (Å²) in [5.41, 5.74) is -5.33. The van der Waals surface area contributed by atoms with E-state index in [4.69, 9.17) is 14.2 Å². The maximum Gasteiger partial charge on any atom is 0.416 e. The second-order valence-corrected chi connectivity index (χ2v) is 19.3. The first-order valence-corrected chi connectivity index (χ1v) is 24.6. The third-order valence-corrected chi connectivity index (χ3v) is 14.1. The molecule has 0 aliphatic carbocycles. The van der Waals surface area contributed by atoms with Crippen LogP contribution in [0.5, 0.6) is 0 Å². The first-order valence-electron chi connectivity index (χ1n) is 24.6. The van der Waals surface area contributed by atoms with Gasteiger partial charge in [0.05, 0.1) is 58.8 Å². The average molecular weight is 1110 g/mol. The van der Waals surface area contributed by atoms with Crippen LogP contribution in [-0.4, -0.2) is 53.8 Å². The number of aromatic nitrogens is 2. The van der Waals surface area contributed by atoms with Gasteiger partial charge in [0.15, 0.2) is 0 Å². The first-order chi connectivity index (χ1) is 36.7. The first kappa shape index (κ1) is 58.8. The van der Waals surface area contributed by atoms with Gasteiger partial charge in [-0.25, -0.2) is 4.79 Å². The second kappa shape index (κ2) is 24.0. The Hall–Kier alpha value is -6.91. The monoisotopic (exact) mass is 1110 g/mol. The summed E-state index contributed by atoms with van der Waals surface area (Å²) in [5.74, 6) is -0.475. The summed E-state index contributed by atoms with van der Waals surface area (Å²) < 4.78 is 178. The molecule has 2 saturated heterocycles. The Bertz CT molecular complexity index is 2930. The molecule has 6 aromatic rings. The molecule has 0 saturated carbocycles. The number of aldehydes is 1. The number of ether oxygens (including phenoxy) is 3. The van der Waals surface area contributed by atoms with Gasteiger partial charge in [-0.15, -0.1) is 0 Å². The molecule has 78 heavy (non-hydrogen) atoms. The smallest absolute Gasteiger partial charge is 0.416 e. The number of H-pyrrole nitrogens is 2. The van der Waals surface area contributed by atoms with Crippen molar-refractivity contribution in [2.45, 2.75) is 100 Å². The molecule has 3 N–H and O–H groups in total. The number of likely N-dealkylation sites (tertiary alicyclic amines) is 1. The standard InChI is InChI=1S/C31H29F6NO4.C25H25F6N3O2/c1-21(24-14-26(30(32,33)34)16-27(15-24)31(35,36)37)42-20-29(25-10-6-3-7-11-25)13-12-23(18-39)17-38(29)28(40)41-19-22-8-4-2-5-9-22;1-15(17-9-19(24(26,27)28)11-20(10-17)25(29,30)31)36-14-23(18-5-3-2-4-6-18)8-7-16(13-32-23)21-12-22(35)34-33-21/h2-11,14-16,18,21,23H,12-13,17,19-20H2,1H3;2-6,9-12,15-16,32H,7-8,13-14H2,1H3,(H2,33,34,35)/t21-,23?,29-;15-,16?,23-/m11/s1. The highest BCUT2D eigenvalue weighted by molar-refractivity contribution is 5.71. The molecule has 22 heteroatoms. The number of amides is 1. The highest BCUT2D eigenvalue weighted by atomic mass is 19.4. The number of alkyl halides is 12. The largest absolute Gasteiger partial charge is 0.445 e. The Morgan fingerprint density at radius 2 is 1.10 bits per heavy atom. The second-order valence-electron chi connectivity index (χ2n) is 19.3. The van der Waals surface area contributed by atoms with Crippen molar-refractivity contribution in [3.05, 3.63) is 200 Å². The van der Waals surface area contributed by atoms with Crippen LogP contribution in [-0.2, 0) is 61.4 Å². The van der Waals surface area contributed by atoms with E-state index in [1.165, 1.54) is 24.8 Å². The third kappa shape index (κ3) is 14.4. The van der Waals surface area contributed by atoms with E-state index in [1.807, 2.05) is 36.4 Å². The van der Waals surface area contributed by atoms with Crippen molar-refractivity contribution >= 4 is 12.4 Å². The van der Waals surface area contributed by atoms with Crippen LogP contribution >= 0.6 is 0 Å². The third-order valence-electron chi connectivity index (χ3n) is 14.1. The van der Waals surface area contributed by atoms with E-state index in [9.17, 15) is 67.1 Å². The number of aromatic amines is 2. The van der Waals surface area contributed by atoms with Gasteiger partial charge in [-0.05, 0) is 104 Å². The summed E-state index contributed by atoms with van der Waals surface area (Å²) in [6.45, 7) is 2.96. The maximum absolute atomic E-state index is 13.5. The molecule has 10 nitrogen and oxygen atoms in total. The Kier molecular flexibility index (Phi) is 18.1. The molecule has 1 aromatic heterocycles. The lowest BCUT2D eigenvalue weighted by atomic mass is 9.78. The van der Waals surface area contributed by atoms with Gasteiger partial charge < -0.3 is 29.4 Å². The lowest BCUT2D eigenvalue weighted by molar-refractivity contribution is -0.145. The predicted molar refractivity (Wildman–Crippen MR) is 261 cm³/mol. The fourth-order valence-corrected chi connectivity index (χ4v) is 9.62. The Morgan fingerprint density at radius 3 is 1.54 bits per heavy atom. The van der Waals surface area contributed by atoms with Crippen molar-refractivity contribution in [1.29, 1.82) is 0 Å². The molecular weight excluding hydrogens is 1050 g/mol. The average Bonchev–Trinajstić information content (AvgIpc) is 4.00. The topological polar surface area (TPSA) is 126 Å². The molecule has 418 valence electrons. The van der Waals surface area contributed by atoms with Crippen molar-refractivity contribution in [1.82, 2.24) is 20.4 Å². The van der Waals surface area contributed by atoms with Crippen LogP contribution in [0.15, 0.2) is 138 Å². The van der Waals surface area contributed by atoms with E-state index >= 15 is 0 Å². The number of halogens is 12. The summed E-state index contributed by atoms with van der Waals surface area (Å²) >= 11 is 0. The SMILES string of the molecule is C[C@@H](OC[C@@]1(c2ccccc2)CCC(C=O)CN1C(=O)OCc1ccccc1)c1cc(C(F)(F)F)cc(C(F)(F)F)c1.C[C@@H](OC[C@@]1(c2ccccc2)CCC(c2cc(=O)[nH][nH]2)CN1)c1cc(C(F)(F)F)cc(C(F)(F)F)c1. The van der Waals surface area contributed by atoms with Crippen molar-refractivity contribution in [3.63, 3.8) is 0 Å². The fourth-order valence-electron chi connectivity index (χ4n) is 9.62. The minimum atomic E-state index is -5.01. The van der Waals surface area contributed by atoms with Gasteiger partial charge in [0.1, 0.15) is 12.9 Å². The Labute approximate surface area is 440 Å². The number of piperidine rings is 2. The summed E-state index contributed by atoms with van der Waals surface area (Å²) in [6, 6.07) is 31.3. The summed E-state index contributed by atoms with van der Waals surface area (Å²) in [7, 11) is 0. The molecule has 1 amide bonds. The lowest BCUT2D eigenvalue weighted by Crippen LogP contribution is -2.57. The minimum Gasteiger partial charge on any atom is -0.445 e. The molecule has 2 fully saturated rings. The van der Waals surface area contributed by atoms with E-state index in [0.717, 1.165) is 23.1 Å². The molecule has 2 unspecified atom stereocenters. The number of hydrogen-bond acceptors (Lipinski definition) is 7. The van der Waals surface area contributed by atoms with Gasteiger partial charge in [-0.1, -0.05) is 91.0 Å². The molecule has 8 rings (SSSR count). The zero-order valence-electron chi connectivity index (χ0n) is 41.9. The number of hydrogen-bond donors (Lipinski definition) is 3. The number of rotatable bonds is 14. The molecule has 0 spiro atoms. The van der Waals surface area contributed by atoms with E-state index in [0.29, 0.717) is 55.6 Å². The van der Waals surface area contributed by atoms with E-state index < -0.39 is 82.3 Å². The summed E-state index contributed by atoms with van der Waals surface area (Å²) in [4.78, 5) is 38.1. The molecule has 3 heterocycles. The summed E-state index contributed by atoms with van der Waals surface area (Å²) in [5, 5.41) is 8.83. The van der Waals surface area contributed by atoms with Crippen LogP contribution < -0.4 is 10.9 Å². The van der Waals surface area contributed by atoms with Crippen LogP contribution in [0, 0.1) is 5.92 Å². The number of nitrogens with zero attached hydrogens (tertiary/aromatic N) is 1. The highest BCUT2D eigenvalue weighted by Crippen LogP contribution is 2.44. The molecule has 6 atom stereocenters. The van der Waals surface area contributed by atoms with Crippen LogP contribution in [0.4, 0.5) is 57.5 Å². The lowest BCUT2D eigenvalue weighted by Gasteiger charge is -2.48. The van der Waals surface area contributed by atoms with Crippen molar-refractivity contribution in [2.75, 3.05) is 26.3 Å². The van der Waals surface area contributed by atoms with Gasteiger partial charge in [0.25, 0.3) is 5.56 Å². The quantitative estimate of drug-likeness (QED) is 0.0733. The van der Waals surface area contributed by atoms with E-state index in [-0.39, 0.29) is 67.5 Å². The van der Waals surface area contributed by atoms with Gasteiger partial charge >= 0.3 is 30.8 Å². The number of nitrogens with one attached hydrogen (secondary N) is 3. The zero-order valence-corrected chi connectivity index (χ0v) is 41.9. The molecule has 2 aliphatic rings. The molecule has 0 bridgehead atoms. The number of carbonyl (C=O) groups excluding carboxylic acids is 2. The molecule has 2 aliphatic heterocycles. The fraction of sp³-hybridized carbons (Fsp3) is 0.375. The zero-order chi connectivity index (χ0) is 56.7. The Balaban J connectivity index is 0.000000229. The highest BCUT2D eigenvalue weighted by Gasteiger charge is 2.48. The summed E-state index contributed by atoms with van der Waals surface area (Å²) in [6.07, 6.45) is -20.2. The van der Waals surface area contributed by atoms with Crippen molar-refractivity contribution in [2.24, 2.45) is 5.92 Å². The van der Waals surface area contributed by atoms with Gasteiger partial charge in [0, 0.05) is 36.7 Å². The van der Waals surface area contributed by atoms with Gasteiger partial charge in [-0.3, -0.25) is 14.8 Å². The van der Waals surface area contributed by atoms with Crippen molar-refractivity contribution < 1.29 is 76.5 Å². The van der Waals surface area contributed by atoms with Gasteiger partial charge in [0.2, 0.25) is 0 Å². The Morgan fingerprint density at radius 1 is 0.628 bits per heavy atom. The van der Waals surface area contributed by atoms with Crippen LogP contribution in [0.1, 0.15) is 113 Å².